The number of hydrogen-bond acceptors (Lipinski definition) is 5. The number of ether oxygens (including phenoxy) is 1. The minimum absolute atomic E-state index is 0.0783. The Morgan fingerprint density at radius 3 is 2.33 bits per heavy atom. The first kappa shape index (κ1) is 17.0. The van der Waals surface area contributed by atoms with E-state index in [9.17, 15) is 9.59 Å². The van der Waals surface area contributed by atoms with E-state index in [4.69, 9.17) is 14.9 Å². The van der Waals surface area contributed by atoms with Crippen molar-refractivity contribution in [2.75, 3.05) is 0 Å². The fraction of sp³-hybridized carbons (Fsp3) is 0.118. The Kier molecular flexibility index (Phi) is 5.51. The largest absolute Gasteiger partial charge is 0.508 e. The van der Waals surface area contributed by atoms with Crippen molar-refractivity contribution >= 4 is 18.1 Å². The molecule has 1 atom stereocenters. The van der Waals surface area contributed by atoms with E-state index in [0.29, 0.717) is 16.9 Å². The van der Waals surface area contributed by atoms with Gasteiger partial charge in [0.25, 0.3) is 5.91 Å². The number of nitrogens with zero attached hydrogens (tertiary/aromatic N) is 1. The molecule has 2 aromatic rings. The van der Waals surface area contributed by atoms with E-state index in [0.717, 1.165) is 0 Å². The van der Waals surface area contributed by atoms with E-state index < -0.39 is 18.0 Å². The van der Waals surface area contributed by atoms with Crippen molar-refractivity contribution in [1.29, 1.82) is 0 Å². The molecule has 0 aliphatic rings. The van der Waals surface area contributed by atoms with Crippen LogP contribution in [0.1, 0.15) is 22.8 Å². The summed E-state index contributed by atoms with van der Waals surface area (Å²) in [4.78, 5) is 22.5. The number of rotatable bonds is 6. The molecule has 0 bridgehead atoms. The molecule has 24 heavy (non-hydrogen) atoms. The highest BCUT2D eigenvalue weighted by atomic mass is 16.5. The fourth-order valence-electron chi connectivity index (χ4n) is 1.73. The van der Waals surface area contributed by atoms with Crippen LogP contribution in [0.5, 0.6) is 11.5 Å². The molecule has 0 aliphatic carbocycles. The van der Waals surface area contributed by atoms with Crippen molar-refractivity contribution in [3.8, 4) is 11.5 Å². The topological polar surface area (TPSA) is 108 Å². The normalized spacial score (nSPS) is 11.9. The number of amides is 1. The minimum Gasteiger partial charge on any atom is -0.508 e. The molecule has 2 rings (SSSR count). The average Bonchev–Trinajstić information content (AvgIpc) is 2.56. The Morgan fingerprint density at radius 1 is 1.12 bits per heavy atom. The number of phenolic OH excluding ortho intramolecular Hbond substituents is 1. The number of carbonyl (C=O) groups is 2. The van der Waals surface area contributed by atoms with Crippen LogP contribution in [0, 0.1) is 0 Å². The second kappa shape index (κ2) is 7.77. The Morgan fingerprint density at radius 2 is 1.75 bits per heavy atom. The maximum atomic E-state index is 11.8. The van der Waals surface area contributed by atoms with E-state index in [1.54, 1.807) is 24.3 Å². The fourth-order valence-corrected chi connectivity index (χ4v) is 1.73. The summed E-state index contributed by atoms with van der Waals surface area (Å²) >= 11 is 0. The maximum absolute atomic E-state index is 11.8. The van der Waals surface area contributed by atoms with E-state index in [2.05, 4.69) is 10.5 Å². The lowest BCUT2D eigenvalue weighted by atomic mass is 10.2. The van der Waals surface area contributed by atoms with E-state index in [-0.39, 0.29) is 5.75 Å². The molecule has 124 valence electrons. The third-order valence-electron chi connectivity index (χ3n) is 3.05. The summed E-state index contributed by atoms with van der Waals surface area (Å²) in [7, 11) is 0. The van der Waals surface area contributed by atoms with Crippen LogP contribution in [-0.2, 0) is 4.79 Å². The summed E-state index contributed by atoms with van der Waals surface area (Å²) in [5.41, 5.74) is 3.45. The maximum Gasteiger partial charge on any atom is 0.344 e. The number of aliphatic carboxylic acids is 1. The van der Waals surface area contributed by atoms with Crippen molar-refractivity contribution in [3.63, 3.8) is 0 Å². The predicted octanol–water partition coefficient (Wildman–Crippen LogP) is 2.01. The smallest absolute Gasteiger partial charge is 0.344 e. The Balaban J connectivity index is 1.91. The summed E-state index contributed by atoms with van der Waals surface area (Å²) in [6.07, 6.45) is 0.511. The standard InChI is InChI=1S/C17H16N2O5/c1-11(17(22)23)24-15-8-2-12(3-9-15)10-18-19-16(21)13-4-6-14(20)7-5-13/h2-11,20H,1H3,(H,19,21)(H,22,23)/b18-10-/t11-/m0/s1. The molecule has 7 nitrogen and oxygen atoms in total. The number of hydrogen-bond donors (Lipinski definition) is 3. The molecule has 0 radical (unpaired) electrons. The summed E-state index contributed by atoms with van der Waals surface area (Å²) in [6.45, 7) is 1.44. The van der Waals surface area contributed by atoms with Gasteiger partial charge in [0.2, 0.25) is 0 Å². The number of carboxylic acids is 1. The summed E-state index contributed by atoms with van der Waals surface area (Å²) in [5.74, 6) is -0.941. The molecule has 0 unspecified atom stereocenters. The summed E-state index contributed by atoms with van der Waals surface area (Å²) in [6, 6.07) is 12.4. The monoisotopic (exact) mass is 328 g/mol. The SMILES string of the molecule is C[C@H](Oc1ccc(/C=N\NC(=O)c2ccc(O)cc2)cc1)C(=O)O. The molecule has 0 fully saturated rings. The van der Waals surface area contributed by atoms with Crippen LogP contribution < -0.4 is 10.2 Å². The van der Waals surface area contributed by atoms with Gasteiger partial charge in [-0.1, -0.05) is 0 Å². The Hall–Kier alpha value is -3.35. The van der Waals surface area contributed by atoms with E-state index in [1.165, 1.54) is 37.4 Å². The van der Waals surface area contributed by atoms with Gasteiger partial charge >= 0.3 is 5.97 Å². The van der Waals surface area contributed by atoms with Gasteiger partial charge in [-0.2, -0.15) is 5.10 Å². The second-order valence-electron chi connectivity index (χ2n) is 4.91. The first-order valence-corrected chi connectivity index (χ1v) is 7.07. The molecule has 0 saturated heterocycles. The minimum atomic E-state index is -1.04. The van der Waals surface area contributed by atoms with E-state index >= 15 is 0 Å². The highest BCUT2D eigenvalue weighted by molar-refractivity contribution is 5.95. The third kappa shape index (κ3) is 4.84. The number of hydrazone groups is 1. The van der Waals surface area contributed by atoms with Crippen LogP contribution in [0.25, 0.3) is 0 Å². The second-order valence-corrected chi connectivity index (χ2v) is 4.91. The molecule has 7 heteroatoms. The van der Waals surface area contributed by atoms with Crippen LogP contribution in [0.15, 0.2) is 53.6 Å². The Labute approximate surface area is 138 Å². The Bertz CT molecular complexity index is 739. The lowest BCUT2D eigenvalue weighted by Crippen LogP contribution is -2.22. The van der Waals surface area contributed by atoms with Crippen LogP contribution in [0.4, 0.5) is 0 Å². The summed E-state index contributed by atoms with van der Waals surface area (Å²) in [5, 5.41) is 21.8. The van der Waals surface area contributed by atoms with Gasteiger partial charge in [0.1, 0.15) is 11.5 Å². The highest BCUT2D eigenvalue weighted by Crippen LogP contribution is 2.13. The van der Waals surface area contributed by atoms with Crippen LogP contribution >= 0.6 is 0 Å². The van der Waals surface area contributed by atoms with Crippen molar-refractivity contribution in [2.24, 2.45) is 5.10 Å². The van der Waals surface area contributed by atoms with Crippen LogP contribution in [-0.4, -0.2) is 34.4 Å². The number of carbonyl (C=O) groups excluding carboxylic acids is 1. The zero-order valence-electron chi connectivity index (χ0n) is 12.8. The van der Waals surface area contributed by atoms with Gasteiger partial charge < -0.3 is 14.9 Å². The zero-order valence-corrected chi connectivity index (χ0v) is 12.8. The number of benzene rings is 2. The predicted molar refractivity (Wildman–Crippen MR) is 87.3 cm³/mol. The first-order valence-electron chi connectivity index (χ1n) is 7.07. The average molecular weight is 328 g/mol. The lowest BCUT2D eigenvalue weighted by Gasteiger charge is -2.09. The zero-order chi connectivity index (χ0) is 17.5. The molecule has 0 aromatic heterocycles. The number of nitrogens with one attached hydrogen (secondary N) is 1. The van der Waals surface area contributed by atoms with Crippen LogP contribution in [0.2, 0.25) is 0 Å². The van der Waals surface area contributed by atoms with Crippen molar-refractivity contribution < 1.29 is 24.5 Å². The number of aromatic hydroxyl groups is 1. The van der Waals surface area contributed by atoms with Crippen molar-refractivity contribution in [2.45, 2.75) is 13.0 Å². The van der Waals surface area contributed by atoms with Crippen molar-refractivity contribution in [1.82, 2.24) is 5.43 Å². The molecule has 3 N–H and O–H groups in total. The molecule has 0 saturated carbocycles. The lowest BCUT2D eigenvalue weighted by molar-refractivity contribution is -0.144. The molecule has 0 aliphatic heterocycles. The van der Waals surface area contributed by atoms with Gasteiger partial charge in [-0.05, 0) is 61.0 Å². The third-order valence-corrected chi connectivity index (χ3v) is 3.05. The van der Waals surface area contributed by atoms with Gasteiger partial charge in [0, 0.05) is 5.56 Å². The number of phenols is 1. The number of carboxylic acid groups (broad SMARTS) is 1. The molecule has 0 spiro atoms. The quantitative estimate of drug-likeness (QED) is 0.555. The van der Waals surface area contributed by atoms with E-state index in [1.807, 2.05) is 0 Å². The first-order chi connectivity index (χ1) is 11.5. The molecule has 2 aromatic carbocycles. The van der Waals surface area contributed by atoms with Gasteiger partial charge in [-0.3, -0.25) is 4.79 Å². The molecular formula is C17H16N2O5. The van der Waals surface area contributed by atoms with Gasteiger partial charge in [-0.25, -0.2) is 10.2 Å². The molecular weight excluding hydrogens is 312 g/mol. The molecule has 0 heterocycles. The van der Waals surface area contributed by atoms with Crippen LogP contribution in [0.3, 0.4) is 0 Å². The van der Waals surface area contributed by atoms with Crippen molar-refractivity contribution in [3.05, 3.63) is 59.7 Å². The highest BCUT2D eigenvalue weighted by Gasteiger charge is 2.11. The van der Waals surface area contributed by atoms with Gasteiger partial charge in [0.15, 0.2) is 6.10 Å². The van der Waals surface area contributed by atoms with Gasteiger partial charge in [0.05, 0.1) is 6.21 Å². The summed E-state index contributed by atoms with van der Waals surface area (Å²) < 4.78 is 5.21. The van der Waals surface area contributed by atoms with Gasteiger partial charge in [-0.15, -0.1) is 0 Å². The molecule has 1 amide bonds.